The van der Waals surface area contributed by atoms with Crippen molar-refractivity contribution in [3.63, 3.8) is 0 Å². The maximum atomic E-state index is 12.1. The summed E-state index contributed by atoms with van der Waals surface area (Å²) < 4.78 is 4.97. The van der Waals surface area contributed by atoms with E-state index in [4.69, 9.17) is 16.3 Å². The van der Waals surface area contributed by atoms with Crippen molar-refractivity contribution >= 4 is 45.9 Å². The second-order valence-corrected chi connectivity index (χ2v) is 6.42. The van der Waals surface area contributed by atoms with Crippen molar-refractivity contribution in [1.82, 2.24) is 0 Å². The zero-order valence-corrected chi connectivity index (χ0v) is 15.2. The lowest BCUT2D eigenvalue weighted by Crippen LogP contribution is -2.07. The van der Waals surface area contributed by atoms with E-state index in [-0.39, 0.29) is 12.2 Å². The Morgan fingerprint density at radius 3 is 2.64 bits per heavy atom. The fourth-order valence-corrected chi connectivity index (χ4v) is 3.21. The van der Waals surface area contributed by atoms with Gasteiger partial charge in [-0.3, -0.25) is 4.79 Å². The van der Waals surface area contributed by atoms with Crippen LogP contribution in [-0.2, 0) is 9.53 Å². The number of hydrogen-bond acceptors (Lipinski definition) is 5. The number of nitriles is 1. The number of carbonyl (C=O) groups excluding carboxylic acids is 2. The van der Waals surface area contributed by atoms with Crippen LogP contribution < -0.4 is 5.32 Å². The van der Waals surface area contributed by atoms with Gasteiger partial charge in [0.1, 0.15) is 15.9 Å². The molecule has 0 saturated heterocycles. The Balaban J connectivity index is 2.17. The van der Waals surface area contributed by atoms with Gasteiger partial charge in [-0.15, -0.1) is 11.3 Å². The summed E-state index contributed by atoms with van der Waals surface area (Å²) in [6, 6.07) is 9.02. The number of thiophene rings is 1. The second kappa shape index (κ2) is 8.47. The van der Waals surface area contributed by atoms with Gasteiger partial charge in [0.15, 0.2) is 0 Å². The molecule has 1 aromatic carbocycles. The number of halogens is 1. The minimum absolute atomic E-state index is 0.240. The minimum Gasteiger partial charge on any atom is -0.462 e. The van der Waals surface area contributed by atoms with E-state index in [0.29, 0.717) is 20.5 Å². The van der Waals surface area contributed by atoms with Crippen LogP contribution in [0.2, 0.25) is 5.02 Å². The summed E-state index contributed by atoms with van der Waals surface area (Å²) in [5.41, 5.74) is 1.58. The molecule has 128 valence electrons. The van der Waals surface area contributed by atoms with Crippen LogP contribution >= 0.6 is 22.9 Å². The lowest BCUT2D eigenvalue weighted by atomic mass is 10.1. The van der Waals surface area contributed by atoms with Gasteiger partial charge in [0.2, 0.25) is 5.91 Å². The van der Waals surface area contributed by atoms with Crippen molar-refractivity contribution in [3.8, 4) is 6.07 Å². The molecule has 0 saturated carbocycles. The molecule has 25 heavy (non-hydrogen) atoms. The van der Waals surface area contributed by atoms with Crippen molar-refractivity contribution in [2.75, 3.05) is 11.9 Å². The molecule has 0 aliphatic carbocycles. The van der Waals surface area contributed by atoms with E-state index in [1.807, 2.05) is 6.07 Å². The quantitative estimate of drug-likeness (QED) is 0.621. The summed E-state index contributed by atoms with van der Waals surface area (Å²) in [6.07, 6.45) is 2.98. The van der Waals surface area contributed by atoms with Crippen LogP contribution in [0.15, 0.2) is 30.3 Å². The van der Waals surface area contributed by atoms with Crippen LogP contribution in [0.4, 0.5) is 5.00 Å². The molecule has 0 spiro atoms. The Morgan fingerprint density at radius 2 is 2.04 bits per heavy atom. The normalized spacial score (nSPS) is 10.5. The number of amides is 1. The number of ether oxygens (including phenoxy) is 1. The molecule has 0 radical (unpaired) electrons. The molecular weight excluding hydrogens is 360 g/mol. The predicted molar refractivity (Wildman–Crippen MR) is 98.8 cm³/mol. The topological polar surface area (TPSA) is 79.2 Å². The highest BCUT2D eigenvalue weighted by molar-refractivity contribution is 7.18. The molecule has 7 heteroatoms. The van der Waals surface area contributed by atoms with Crippen LogP contribution in [0, 0.1) is 18.3 Å². The van der Waals surface area contributed by atoms with Crippen molar-refractivity contribution in [2.24, 2.45) is 0 Å². The van der Waals surface area contributed by atoms with Crippen molar-refractivity contribution in [3.05, 3.63) is 56.9 Å². The summed E-state index contributed by atoms with van der Waals surface area (Å²) in [5.74, 6) is -0.901. The average Bonchev–Trinajstić information content (AvgIpc) is 2.90. The van der Waals surface area contributed by atoms with Gasteiger partial charge in [0, 0.05) is 11.1 Å². The lowest BCUT2D eigenvalue weighted by molar-refractivity contribution is -0.111. The van der Waals surface area contributed by atoms with Gasteiger partial charge in [-0.1, -0.05) is 23.7 Å². The first-order valence-electron chi connectivity index (χ1n) is 7.41. The molecule has 1 amide bonds. The number of benzene rings is 1. The lowest BCUT2D eigenvalue weighted by Gasteiger charge is -1.99. The molecule has 1 heterocycles. The number of anilines is 1. The van der Waals surface area contributed by atoms with Crippen LogP contribution in [0.5, 0.6) is 0 Å². The molecule has 2 rings (SSSR count). The SMILES string of the molecule is CCOC(=O)c1sc(NC(=O)C=Cc2ccc(Cl)cc2)c(C#N)c1C. The van der Waals surface area contributed by atoms with E-state index in [2.05, 4.69) is 5.32 Å². The molecule has 0 aliphatic heterocycles. The highest BCUT2D eigenvalue weighted by Gasteiger charge is 2.21. The number of nitrogens with zero attached hydrogens (tertiary/aromatic N) is 1. The Hall–Kier alpha value is -2.62. The van der Waals surface area contributed by atoms with Gasteiger partial charge >= 0.3 is 5.97 Å². The third-order valence-electron chi connectivity index (χ3n) is 3.25. The summed E-state index contributed by atoms with van der Waals surface area (Å²) in [7, 11) is 0. The number of nitrogens with one attached hydrogen (secondary N) is 1. The molecule has 2 aromatic rings. The molecule has 5 nitrogen and oxygen atoms in total. The largest absolute Gasteiger partial charge is 0.462 e. The summed E-state index contributed by atoms with van der Waals surface area (Å²) in [4.78, 5) is 24.3. The van der Waals surface area contributed by atoms with E-state index in [1.54, 1.807) is 44.2 Å². The van der Waals surface area contributed by atoms with Crippen LogP contribution in [0.1, 0.15) is 33.3 Å². The Morgan fingerprint density at radius 1 is 1.36 bits per heavy atom. The van der Waals surface area contributed by atoms with E-state index in [0.717, 1.165) is 16.9 Å². The van der Waals surface area contributed by atoms with Gasteiger partial charge < -0.3 is 10.1 Å². The third-order valence-corrected chi connectivity index (χ3v) is 4.69. The predicted octanol–water partition coefficient (Wildman–Crippen LogP) is 4.41. The Kier molecular flexibility index (Phi) is 6.34. The van der Waals surface area contributed by atoms with E-state index >= 15 is 0 Å². The summed E-state index contributed by atoms with van der Waals surface area (Å²) >= 11 is 6.84. The molecule has 0 aliphatic rings. The van der Waals surface area contributed by atoms with Gasteiger partial charge in [-0.25, -0.2) is 4.79 Å². The van der Waals surface area contributed by atoms with Crippen LogP contribution in [0.25, 0.3) is 6.08 Å². The Labute approximate surface area is 154 Å². The van der Waals surface area contributed by atoms with Crippen molar-refractivity contribution in [2.45, 2.75) is 13.8 Å². The maximum absolute atomic E-state index is 12.1. The zero-order valence-electron chi connectivity index (χ0n) is 13.6. The van der Waals surface area contributed by atoms with Crippen molar-refractivity contribution < 1.29 is 14.3 Å². The highest BCUT2D eigenvalue weighted by Crippen LogP contribution is 2.33. The number of hydrogen-bond donors (Lipinski definition) is 1. The van der Waals surface area contributed by atoms with Crippen LogP contribution in [-0.4, -0.2) is 18.5 Å². The first-order valence-corrected chi connectivity index (χ1v) is 8.61. The molecule has 1 N–H and O–H groups in total. The van der Waals surface area contributed by atoms with Gasteiger partial charge in [0.05, 0.1) is 12.2 Å². The summed E-state index contributed by atoms with van der Waals surface area (Å²) in [6.45, 7) is 3.60. The van der Waals surface area contributed by atoms with Crippen LogP contribution in [0.3, 0.4) is 0 Å². The standard InChI is InChI=1S/C18H15ClN2O3S/c1-3-24-18(23)16-11(2)14(10-20)17(25-16)21-15(22)9-6-12-4-7-13(19)8-5-12/h4-9H,3H2,1-2H3,(H,21,22). The maximum Gasteiger partial charge on any atom is 0.348 e. The summed E-state index contributed by atoms with van der Waals surface area (Å²) in [5, 5.41) is 12.9. The van der Waals surface area contributed by atoms with E-state index < -0.39 is 11.9 Å². The zero-order chi connectivity index (χ0) is 18.4. The molecule has 0 unspecified atom stereocenters. The molecule has 0 bridgehead atoms. The average molecular weight is 375 g/mol. The fraction of sp³-hybridized carbons (Fsp3) is 0.167. The van der Waals surface area contributed by atoms with Gasteiger partial charge in [0.25, 0.3) is 0 Å². The van der Waals surface area contributed by atoms with E-state index in [1.165, 1.54) is 6.08 Å². The first kappa shape index (κ1) is 18.7. The number of esters is 1. The van der Waals surface area contributed by atoms with Crippen molar-refractivity contribution in [1.29, 1.82) is 5.26 Å². The minimum atomic E-state index is -0.501. The first-order chi connectivity index (χ1) is 12.0. The molecule has 0 fully saturated rings. The van der Waals surface area contributed by atoms with E-state index in [9.17, 15) is 14.9 Å². The monoisotopic (exact) mass is 374 g/mol. The second-order valence-electron chi connectivity index (χ2n) is 4.97. The number of rotatable bonds is 5. The Bertz CT molecular complexity index is 864. The fourth-order valence-electron chi connectivity index (χ4n) is 2.03. The molecule has 1 aromatic heterocycles. The van der Waals surface area contributed by atoms with Gasteiger partial charge in [-0.2, -0.15) is 5.26 Å². The molecular formula is C18H15ClN2O3S. The van der Waals surface area contributed by atoms with Gasteiger partial charge in [-0.05, 0) is 43.2 Å². The molecule has 0 atom stereocenters. The number of carbonyl (C=O) groups is 2. The smallest absolute Gasteiger partial charge is 0.348 e. The third kappa shape index (κ3) is 4.69. The highest BCUT2D eigenvalue weighted by atomic mass is 35.5.